The number of esters is 2. The van der Waals surface area contributed by atoms with Gasteiger partial charge in [-0.3, -0.25) is 14.5 Å². The summed E-state index contributed by atoms with van der Waals surface area (Å²) in [5, 5.41) is 0. The summed E-state index contributed by atoms with van der Waals surface area (Å²) in [6, 6.07) is 9.34. The van der Waals surface area contributed by atoms with Crippen LogP contribution in [0.5, 0.6) is 0 Å². The number of rotatable bonds is 6. The molecule has 2 aromatic carbocycles. The first-order valence-corrected chi connectivity index (χ1v) is 12.3. The molecular formula is C28H26F4N2O5. The molecule has 0 radical (unpaired) electrons. The average Bonchev–Trinajstić information content (AvgIpc) is 2.88. The molecule has 39 heavy (non-hydrogen) atoms. The van der Waals surface area contributed by atoms with Gasteiger partial charge in [0.05, 0.1) is 30.3 Å². The van der Waals surface area contributed by atoms with Crippen LogP contribution in [-0.2, 0) is 30.0 Å². The van der Waals surface area contributed by atoms with Gasteiger partial charge in [0.25, 0.3) is 0 Å². The first-order valence-electron chi connectivity index (χ1n) is 12.3. The van der Waals surface area contributed by atoms with Crippen LogP contribution >= 0.6 is 0 Å². The van der Waals surface area contributed by atoms with Crippen molar-refractivity contribution in [3.8, 4) is 0 Å². The molecule has 2 aromatic rings. The van der Waals surface area contributed by atoms with E-state index >= 15 is 0 Å². The number of ether oxygens (including phenoxy) is 2. The van der Waals surface area contributed by atoms with Crippen LogP contribution in [0.4, 0.5) is 23.2 Å². The third kappa shape index (κ3) is 5.25. The molecule has 0 unspecified atom stereocenters. The molecule has 206 valence electrons. The van der Waals surface area contributed by atoms with Gasteiger partial charge in [0.15, 0.2) is 5.78 Å². The molecule has 11 heteroatoms. The van der Waals surface area contributed by atoms with Gasteiger partial charge in [-0.05, 0) is 62.6 Å². The van der Waals surface area contributed by atoms with Crippen LogP contribution < -0.4 is 10.6 Å². The zero-order valence-electron chi connectivity index (χ0n) is 21.2. The Balaban J connectivity index is 2.00. The highest BCUT2D eigenvalue weighted by Crippen LogP contribution is 2.48. The zero-order chi connectivity index (χ0) is 28.5. The van der Waals surface area contributed by atoms with E-state index in [2.05, 4.69) is 0 Å². The quantitative estimate of drug-likeness (QED) is 0.310. The highest BCUT2D eigenvalue weighted by atomic mass is 19.4. The normalized spacial score (nSPS) is 19.6. The number of carbonyl (C=O) groups excluding carboxylic acids is 3. The Bertz CT molecular complexity index is 1360. The minimum Gasteiger partial charge on any atom is -0.465 e. The number of benzene rings is 2. The van der Waals surface area contributed by atoms with E-state index in [9.17, 15) is 31.9 Å². The Morgan fingerprint density at radius 2 is 1.72 bits per heavy atom. The highest BCUT2D eigenvalue weighted by molar-refractivity contribution is 6.13. The van der Waals surface area contributed by atoms with Crippen LogP contribution in [0.25, 0.3) is 0 Å². The molecule has 0 fully saturated rings. The summed E-state index contributed by atoms with van der Waals surface area (Å²) < 4.78 is 64.9. The van der Waals surface area contributed by atoms with Crippen molar-refractivity contribution < 1.29 is 41.4 Å². The van der Waals surface area contributed by atoms with E-state index in [1.807, 2.05) is 0 Å². The standard InChI is InChI=1S/C28H26F4N2O5/c1-3-38-26(36)19-12-13-20-22(24(19)35)21(15-8-10-17(29)11-9-15)23(27(37)39-4-2)25(33)34(20)18-7-5-6-16(14-18)28(30,31)32/h5-11,14,19,21H,3-4,12-13,33H2,1-2H3/t19-,21+/m0/s1. The second-order valence-electron chi connectivity index (χ2n) is 8.96. The van der Waals surface area contributed by atoms with Crippen molar-refractivity contribution in [2.45, 2.75) is 38.8 Å². The minimum atomic E-state index is -4.67. The summed E-state index contributed by atoms with van der Waals surface area (Å²) in [6.45, 7) is 3.13. The fourth-order valence-corrected chi connectivity index (χ4v) is 4.98. The van der Waals surface area contributed by atoms with E-state index in [-0.39, 0.29) is 54.4 Å². The summed E-state index contributed by atoms with van der Waals surface area (Å²) >= 11 is 0. The first kappa shape index (κ1) is 27.9. The van der Waals surface area contributed by atoms with E-state index in [0.717, 1.165) is 24.3 Å². The topological polar surface area (TPSA) is 98.9 Å². The summed E-state index contributed by atoms with van der Waals surface area (Å²) in [7, 11) is 0. The van der Waals surface area contributed by atoms with E-state index in [4.69, 9.17) is 15.2 Å². The van der Waals surface area contributed by atoms with Crippen LogP contribution in [0.2, 0.25) is 0 Å². The SMILES string of the molecule is CCOC(=O)C1=C(N)N(c2cccc(C(F)(F)F)c2)C2=C(C(=O)[C@@H](C(=O)OCC)CC2)[C@H]1c1ccc(F)cc1. The number of hydrogen-bond donors (Lipinski definition) is 1. The van der Waals surface area contributed by atoms with Gasteiger partial charge >= 0.3 is 18.1 Å². The Morgan fingerprint density at radius 3 is 2.33 bits per heavy atom. The Hall–Kier alpha value is -4.15. The van der Waals surface area contributed by atoms with Gasteiger partial charge in [0, 0.05) is 17.0 Å². The number of ketones is 1. The Labute approximate surface area is 221 Å². The van der Waals surface area contributed by atoms with Crippen molar-refractivity contribution in [3.63, 3.8) is 0 Å². The van der Waals surface area contributed by atoms with Gasteiger partial charge < -0.3 is 15.2 Å². The molecule has 7 nitrogen and oxygen atoms in total. The first-order chi connectivity index (χ1) is 18.5. The number of hydrogen-bond acceptors (Lipinski definition) is 7. The molecule has 2 aliphatic rings. The van der Waals surface area contributed by atoms with Crippen LogP contribution in [-0.4, -0.2) is 30.9 Å². The lowest BCUT2D eigenvalue weighted by Crippen LogP contribution is -2.44. The number of allylic oxidation sites excluding steroid dienone is 2. The van der Waals surface area contributed by atoms with Gasteiger partial charge in [-0.1, -0.05) is 18.2 Å². The maximum absolute atomic E-state index is 13.9. The van der Waals surface area contributed by atoms with Crippen molar-refractivity contribution in [1.29, 1.82) is 0 Å². The number of anilines is 1. The second-order valence-corrected chi connectivity index (χ2v) is 8.96. The molecule has 1 heterocycles. The fourth-order valence-electron chi connectivity index (χ4n) is 4.98. The van der Waals surface area contributed by atoms with Gasteiger partial charge in [-0.25, -0.2) is 9.18 Å². The number of Topliss-reactive ketones (excluding diaryl/α,β-unsaturated/α-hetero) is 1. The molecule has 1 aliphatic carbocycles. The smallest absolute Gasteiger partial charge is 0.416 e. The van der Waals surface area contributed by atoms with Crippen LogP contribution in [0.3, 0.4) is 0 Å². The van der Waals surface area contributed by atoms with Crippen LogP contribution in [0.15, 0.2) is 71.2 Å². The van der Waals surface area contributed by atoms with Gasteiger partial charge in [-0.15, -0.1) is 0 Å². The number of nitrogens with zero attached hydrogens (tertiary/aromatic N) is 1. The van der Waals surface area contributed by atoms with Gasteiger partial charge in [0.2, 0.25) is 0 Å². The number of nitrogens with two attached hydrogens (primary N) is 1. The van der Waals surface area contributed by atoms with Crippen molar-refractivity contribution >= 4 is 23.4 Å². The third-order valence-electron chi connectivity index (χ3n) is 6.63. The Morgan fingerprint density at radius 1 is 1.05 bits per heavy atom. The molecule has 0 saturated carbocycles. The zero-order valence-corrected chi connectivity index (χ0v) is 21.2. The molecule has 2 atom stereocenters. The Kier molecular flexibility index (Phi) is 7.80. The molecular weight excluding hydrogens is 520 g/mol. The van der Waals surface area contributed by atoms with Crippen molar-refractivity contribution in [2.24, 2.45) is 11.7 Å². The maximum Gasteiger partial charge on any atom is 0.416 e. The third-order valence-corrected chi connectivity index (χ3v) is 6.63. The van der Waals surface area contributed by atoms with Gasteiger partial charge in [-0.2, -0.15) is 13.2 Å². The number of alkyl halides is 3. The summed E-state index contributed by atoms with van der Waals surface area (Å²) in [5.74, 6) is -5.47. The van der Waals surface area contributed by atoms with Crippen molar-refractivity contribution in [2.75, 3.05) is 18.1 Å². The van der Waals surface area contributed by atoms with E-state index in [1.54, 1.807) is 13.8 Å². The monoisotopic (exact) mass is 546 g/mol. The predicted octanol–water partition coefficient (Wildman–Crippen LogP) is 4.98. The van der Waals surface area contributed by atoms with E-state index < -0.39 is 47.1 Å². The molecule has 0 spiro atoms. The minimum absolute atomic E-state index is 0.0134. The largest absolute Gasteiger partial charge is 0.465 e. The van der Waals surface area contributed by atoms with Crippen molar-refractivity contribution in [1.82, 2.24) is 0 Å². The average molecular weight is 547 g/mol. The predicted molar refractivity (Wildman–Crippen MR) is 132 cm³/mol. The molecule has 0 bridgehead atoms. The molecule has 0 saturated heterocycles. The van der Waals surface area contributed by atoms with E-state index in [0.29, 0.717) is 5.56 Å². The van der Waals surface area contributed by atoms with Crippen LogP contribution in [0, 0.1) is 11.7 Å². The molecule has 4 rings (SSSR count). The highest BCUT2D eigenvalue weighted by Gasteiger charge is 2.47. The molecule has 0 amide bonds. The lowest BCUT2D eigenvalue weighted by atomic mass is 9.72. The molecule has 2 N–H and O–H groups in total. The lowest BCUT2D eigenvalue weighted by molar-refractivity contribution is -0.151. The van der Waals surface area contributed by atoms with Gasteiger partial charge in [0.1, 0.15) is 17.6 Å². The summed E-state index contributed by atoms with van der Waals surface area (Å²) in [6.07, 6.45) is -4.58. The van der Waals surface area contributed by atoms with Crippen LogP contribution in [0.1, 0.15) is 43.7 Å². The van der Waals surface area contributed by atoms with E-state index in [1.165, 1.54) is 29.2 Å². The number of halogens is 4. The maximum atomic E-state index is 13.9. The number of carbonyl (C=O) groups is 3. The van der Waals surface area contributed by atoms with Crippen molar-refractivity contribution in [3.05, 3.63) is 88.1 Å². The fraction of sp³-hybridized carbons (Fsp3) is 0.321. The lowest BCUT2D eigenvalue weighted by Gasteiger charge is -2.41. The molecule has 0 aromatic heterocycles. The summed E-state index contributed by atoms with van der Waals surface area (Å²) in [4.78, 5) is 41.1. The summed E-state index contributed by atoms with van der Waals surface area (Å²) in [5.41, 5.74) is 5.85. The molecule has 1 aliphatic heterocycles. The second kappa shape index (κ2) is 10.9.